The number of nitrogens with zero attached hydrogens (tertiary/aromatic N) is 2. The second-order valence-corrected chi connectivity index (χ2v) is 12.9. The van der Waals surface area contributed by atoms with Crippen LogP contribution in [0.2, 0.25) is 0 Å². The third kappa shape index (κ3) is 8.99. The quantitative estimate of drug-likeness (QED) is 0.414. The molecule has 0 spiro atoms. The molecule has 9 heteroatoms. The number of ether oxygens (including phenoxy) is 2. The van der Waals surface area contributed by atoms with Gasteiger partial charge in [-0.3, -0.25) is 0 Å². The van der Waals surface area contributed by atoms with Crippen LogP contribution in [0.1, 0.15) is 52.0 Å². The summed E-state index contributed by atoms with van der Waals surface area (Å²) < 4.78 is 39.4. The number of carbonyl (C=O) groups is 1. The van der Waals surface area contributed by atoms with Gasteiger partial charge in [-0.1, -0.05) is 43.2 Å². The fourth-order valence-electron chi connectivity index (χ4n) is 4.69. The van der Waals surface area contributed by atoms with Crippen molar-refractivity contribution in [2.24, 2.45) is 5.92 Å². The van der Waals surface area contributed by atoms with E-state index in [1.165, 1.54) is 28.4 Å². The second kappa shape index (κ2) is 13.4. The van der Waals surface area contributed by atoms with E-state index in [4.69, 9.17) is 9.47 Å². The Morgan fingerprint density at radius 2 is 1.66 bits per heavy atom. The van der Waals surface area contributed by atoms with Gasteiger partial charge in [-0.2, -0.15) is 4.31 Å². The number of methoxy groups -OCH3 is 1. The zero-order valence-corrected chi connectivity index (χ0v) is 23.8. The van der Waals surface area contributed by atoms with Gasteiger partial charge in [0.1, 0.15) is 11.4 Å². The van der Waals surface area contributed by atoms with Crippen molar-refractivity contribution in [3.8, 4) is 5.75 Å². The first-order valence-electron chi connectivity index (χ1n) is 13.3. The van der Waals surface area contributed by atoms with E-state index in [0.717, 1.165) is 31.2 Å². The maximum atomic E-state index is 13.6. The van der Waals surface area contributed by atoms with Crippen molar-refractivity contribution in [1.29, 1.82) is 0 Å². The highest BCUT2D eigenvalue weighted by Crippen LogP contribution is 2.28. The lowest BCUT2D eigenvalue weighted by atomic mass is 10.1. The maximum absolute atomic E-state index is 13.6. The van der Waals surface area contributed by atoms with Crippen molar-refractivity contribution in [3.05, 3.63) is 60.2 Å². The number of hydrogen-bond acceptors (Lipinski definition) is 6. The average Bonchev–Trinajstić information content (AvgIpc) is 3.39. The number of aliphatic hydroxyl groups excluding tert-OH is 1. The zero-order chi connectivity index (χ0) is 27.8. The third-order valence-corrected chi connectivity index (χ3v) is 8.49. The number of aliphatic hydroxyl groups is 1. The van der Waals surface area contributed by atoms with Crippen LogP contribution >= 0.6 is 0 Å². The first kappa shape index (κ1) is 29.9. The summed E-state index contributed by atoms with van der Waals surface area (Å²) >= 11 is 0. The van der Waals surface area contributed by atoms with Crippen LogP contribution in [0.4, 0.5) is 4.79 Å². The van der Waals surface area contributed by atoms with Gasteiger partial charge < -0.3 is 19.5 Å². The minimum absolute atomic E-state index is 0.0406. The molecule has 0 radical (unpaired) electrons. The smallest absolute Gasteiger partial charge is 0.410 e. The zero-order valence-electron chi connectivity index (χ0n) is 23.0. The van der Waals surface area contributed by atoms with Crippen molar-refractivity contribution < 1.29 is 27.8 Å². The van der Waals surface area contributed by atoms with Crippen LogP contribution in [0.5, 0.6) is 5.75 Å². The Hall–Kier alpha value is -2.62. The van der Waals surface area contributed by atoms with E-state index in [1.807, 2.05) is 30.3 Å². The van der Waals surface area contributed by atoms with Gasteiger partial charge in [-0.15, -0.1) is 0 Å². The Morgan fingerprint density at radius 3 is 2.24 bits per heavy atom. The van der Waals surface area contributed by atoms with E-state index in [1.54, 1.807) is 32.9 Å². The highest BCUT2D eigenvalue weighted by atomic mass is 32.2. The van der Waals surface area contributed by atoms with E-state index in [-0.39, 0.29) is 23.9 Å². The summed E-state index contributed by atoms with van der Waals surface area (Å²) in [6, 6.07) is 16.0. The van der Waals surface area contributed by atoms with Crippen LogP contribution in [0.15, 0.2) is 59.5 Å². The normalized spacial score (nSPS) is 15.4. The lowest BCUT2D eigenvalue weighted by molar-refractivity contribution is 0.0130. The molecule has 210 valence electrons. The molecule has 1 atom stereocenters. The number of benzene rings is 2. The summed E-state index contributed by atoms with van der Waals surface area (Å²) in [6.45, 7) is 5.90. The molecule has 0 heterocycles. The highest BCUT2D eigenvalue weighted by Gasteiger charge is 2.32. The number of hydrogen-bond donors (Lipinski definition) is 1. The molecule has 38 heavy (non-hydrogen) atoms. The fraction of sp³-hybridized carbons (Fsp3) is 0.552. The minimum atomic E-state index is -3.87. The van der Waals surface area contributed by atoms with Crippen molar-refractivity contribution in [2.75, 3.05) is 33.3 Å². The molecule has 1 saturated carbocycles. The van der Waals surface area contributed by atoms with Crippen LogP contribution in [0, 0.1) is 5.92 Å². The van der Waals surface area contributed by atoms with Crippen molar-refractivity contribution in [1.82, 2.24) is 9.21 Å². The van der Waals surface area contributed by atoms with E-state index in [0.29, 0.717) is 25.3 Å². The van der Waals surface area contributed by atoms with Crippen molar-refractivity contribution in [3.63, 3.8) is 0 Å². The van der Waals surface area contributed by atoms with Gasteiger partial charge >= 0.3 is 6.09 Å². The van der Waals surface area contributed by atoms with Crippen molar-refractivity contribution >= 4 is 16.1 Å². The monoisotopic (exact) mass is 546 g/mol. The number of rotatable bonds is 12. The predicted octanol–water partition coefficient (Wildman–Crippen LogP) is 4.72. The van der Waals surface area contributed by atoms with Gasteiger partial charge in [-0.05, 0) is 75.8 Å². The third-order valence-electron chi connectivity index (χ3n) is 6.64. The fourth-order valence-corrected chi connectivity index (χ4v) is 6.24. The molecular formula is C29H42N2O6S. The van der Waals surface area contributed by atoms with Gasteiger partial charge in [-0.25, -0.2) is 13.2 Å². The summed E-state index contributed by atoms with van der Waals surface area (Å²) in [6.07, 6.45) is 3.05. The van der Waals surface area contributed by atoms with Crippen LogP contribution in [-0.4, -0.2) is 73.8 Å². The topological polar surface area (TPSA) is 96.4 Å². The molecule has 1 aliphatic rings. The first-order chi connectivity index (χ1) is 18.0. The highest BCUT2D eigenvalue weighted by molar-refractivity contribution is 7.89. The summed E-state index contributed by atoms with van der Waals surface area (Å²) in [7, 11) is -2.34. The SMILES string of the molecule is COc1ccc(S(=O)(=O)N(CC2CCCC2)C[C@@H](O)CN(CCc2ccccc2)C(=O)OC(C)(C)C)cc1. The van der Waals surface area contributed by atoms with E-state index >= 15 is 0 Å². The summed E-state index contributed by atoms with van der Waals surface area (Å²) in [4.78, 5) is 14.6. The lowest BCUT2D eigenvalue weighted by Crippen LogP contribution is -2.47. The van der Waals surface area contributed by atoms with E-state index < -0.39 is 27.8 Å². The largest absolute Gasteiger partial charge is 0.497 e. The lowest BCUT2D eigenvalue weighted by Gasteiger charge is -2.31. The van der Waals surface area contributed by atoms with Crippen LogP contribution in [0.25, 0.3) is 0 Å². The van der Waals surface area contributed by atoms with Gasteiger partial charge in [0.05, 0.1) is 24.7 Å². The van der Waals surface area contributed by atoms with Gasteiger partial charge in [0, 0.05) is 19.6 Å². The summed E-state index contributed by atoms with van der Waals surface area (Å²) in [5.74, 6) is 0.813. The molecule has 1 N–H and O–H groups in total. The van der Waals surface area contributed by atoms with Crippen LogP contribution in [-0.2, 0) is 21.2 Å². The molecule has 2 aromatic carbocycles. The molecule has 1 aliphatic carbocycles. The molecule has 0 saturated heterocycles. The molecular weight excluding hydrogens is 504 g/mol. The molecule has 2 aromatic rings. The number of amides is 1. The van der Waals surface area contributed by atoms with E-state index in [2.05, 4.69) is 0 Å². The second-order valence-electron chi connectivity index (χ2n) is 11.0. The molecule has 3 rings (SSSR count). The summed E-state index contributed by atoms with van der Waals surface area (Å²) in [5, 5.41) is 11.1. The van der Waals surface area contributed by atoms with Gasteiger partial charge in [0.2, 0.25) is 10.0 Å². The Kier molecular flexibility index (Phi) is 10.6. The van der Waals surface area contributed by atoms with E-state index in [9.17, 15) is 18.3 Å². The minimum Gasteiger partial charge on any atom is -0.497 e. The standard InChI is InChI=1S/C29H42N2O6S/c1-29(2,3)37-28(33)30(19-18-23-10-6-5-7-11-23)21-25(32)22-31(20-24-12-8-9-13-24)38(34,35)27-16-14-26(36-4)15-17-27/h5-7,10-11,14-17,24-25,32H,8-9,12-13,18-22H2,1-4H3/t25-/m0/s1. The predicted molar refractivity (Wildman–Crippen MR) is 148 cm³/mol. The number of carbonyl (C=O) groups excluding carboxylic acids is 1. The molecule has 0 aliphatic heterocycles. The Balaban J connectivity index is 1.77. The van der Waals surface area contributed by atoms with Crippen LogP contribution in [0.3, 0.4) is 0 Å². The Bertz CT molecular complexity index is 1110. The Labute approximate surface area is 227 Å². The number of sulfonamides is 1. The summed E-state index contributed by atoms with van der Waals surface area (Å²) in [5.41, 5.74) is 0.361. The molecule has 0 bridgehead atoms. The Morgan fingerprint density at radius 1 is 1.03 bits per heavy atom. The molecule has 1 amide bonds. The van der Waals surface area contributed by atoms with Crippen molar-refractivity contribution in [2.45, 2.75) is 69.5 Å². The van der Waals surface area contributed by atoms with Crippen LogP contribution < -0.4 is 4.74 Å². The maximum Gasteiger partial charge on any atom is 0.410 e. The first-order valence-corrected chi connectivity index (χ1v) is 14.8. The van der Waals surface area contributed by atoms with Gasteiger partial charge in [0.15, 0.2) is 0 Å². The average molecular weight is 547 g/mol. The molecule has 1 fully saturated rings. The van der Waals surface area contributed by atoms with Gasteiger partial charge in [0.25, 0.3) is 0 Å². The molecule has 0 aromatic heterocycles. The molecule has 8 nitrogen and oxygen atoms in total. The molecule has 0 unspecified atom stereocenters.